The molecule has 0 saturated heterocycles. The first kappa shape index (κ1) is 27.4. The molecule has 35 heavy (non-hydrogen) atoms. The molecule has 0 bridgehead atoms. The van der Waals surface area contributed by atoms with Crippen LogP contribution in [0.15, 0.2) is 48.7 Å². The van der Waals surface area contributed by atoms with Crippen molar-refractivity contribution >= 4 is 52.8 Å². The molecule has 2 amide bonds. The molecule has 9 nitrogen and oxygen atoms in total. The predicted molar refractivity (Wildman–Crippen MR) is 120 cm³/mol. The number of aromatic nitrogens is 1. The van der Waals surface area contributed by atoms with E-state index in [1.165, 1.54) is 13.0 Å². The van der Waals surface area contributed by atoms with Crippen LogP contribution < -0.4 is 16.4 Å². The number of carbonyl (C=O) groups excluding carboxylic acids is 3. The van der Waals surface area contributed by atoms with Crippen LogP contribution in [-0.2, 0) is 20.4 Å². The fraction of sp³-hybridized carbons (Fsp3) is 0.190. The Labute approximate surface area is 201 Å². The standard InChI is InChI=1S/C21H18F4N4O5.ClH/c1-11(26)18(30)33-10-34-20(32)29-9-16(15-8-13(22)4-7-17(15)29)28-19(31)27-14-5-2-12(3-6-14)21(23,24)25;/h2-9,11H,10,26H2,1H3,(H2,27,28,31);1H/t11-;/m0./s1. The summed E-state index contributed by atoms with van der Waals surface area (Å²) in [6, 6.07) is 5.33. The van der Waals surface area contributed by atoms with E-state index in [2.05, 4.69) is 15.4 Å². The maximum Gasteiger partial charge on any atom is 0.421 e. The molecule has 0 aliphatic heterocycles. The summed E-state index contributed by atoms with van der Waals surface area (Å²) in [4.78, 5) is 36.1. The zero-order valence-corrected chi connectivity index (χ0v) is 18.7. The molecule has 0 saturated carbocycles. The second-order valence-corrected chi connectivity index (χ2v) is 7.01. The van der Waals surface area contributed by atoms with Gasteiger partial charge in [-0.2, -0.15) is 13.2 Å². The average Bonchev–Trinajstić information content (AvgIpc) is 3.10. The van der Waals surface area contributed by atoms with Gasteiger partial charge in [0.15, 0.2) is 0 Å². The van der Waals surface area contributed by atoms with E-state index in [4.69, 9.17) is 10.5 Å². The van der Waals surface area contributed by atoms with Crippen LogP contribution >= 0.6 is 12.4 Å². The minimum atomic E-state index is -4.53. The molecule has 0 fully saturated rings. The van der Waals surface area contributed by atoms with Crippen molar-refractivity contribution < 1.29 is 41.4 Å². The second-order valence-electron chi connectivity index (χ2n) is 7.01. The number of amides is 2. The van der Waals surface area contributed by atoms with Gasteiger partial charge in [-0.1, -0.05) is 0 Å². The smallest absolute Gasteiger partial charge is 0.421 e. The highest BCUT2D eigenvalue weighted by Gasteiger charge is 2.30. The summed E-state index contributed by atoms with van der Waals surface area (Å²) in [5.41, 5.74) is 4.68. The molecule has 1 aromatic heterocycles. The van der Waals surface area contributed by atoms with Gasteiger partial charge >= 0.3 is 24.3 Å². The number of carbonyl (C=O) groups is 3. The Balaban J connectivity index is 0.00000432. The van der Waals surface area contributed by atoms with Crippen LogP contribution in [0.4, 0.5) is 38.5 Å². The van der Waals surface area contributed by atoms with Gasteiger partial charge in [-0.3, -0.25) is 9.36 Å². The van der Waals surface area contributed by atoms with Gasteiger partial charge in [-0.15, -0.1) is 12.4 Å². The SMILES string of the molecule is C[C@H](N)C(=O)OCOC(=O)n1cc(NC(=O)Nc2ccc(C(F)(F)F)cc2)c2cc(F)ccc21.Cl. The molecule has 2 aromatic carbocycles. The molecule has 14 heteroatoms. The number of alkyl halides is 3. The second kappa shape index (κ2) is 11.1. The van der Waals surface area contributed by atoms with Crippen molar-refractivity contribution in [1.82, 2.24) is 4.57 Å². The number of urea groups is 1. The fourth-order valence-corrected chi connectivity index (χ4v) is 2.82. The van der Waals surface area contributed by atoms with Gasteiger partial charge in [0.05, 0.1) is 16.8 Å². The first-order valence-corrected chi connectivity index (χ1v) is 9.61. The van der Waals surface area contributed by atoms with Crippen molar-refractivity contribution in [2.45, 2.75) is 19.1 Å². The number of nitrogens with one attached hydrogen (secondary N) is 2. The van der Waals surface area contributed by atoms with Crippen molar-refractivity contribution in [2.24, 2.45) is 5.73 Å². The number of hydrogen-bond acceptors (Lipinski definition) is 6. The van der Waals surface area contributed by atoms with Crippen LogP contribution in [-0.4, -0.2) is 35.5 Å². The lowest BCUT2D eigenvalue weighted by molar-refractivity contribution is -0.153. The van der Waals surface area contributed by atoms with E-state index in [0.29, 0.717) is 0 Å². The third-order valence-corrected chi connectivity index (χ3v) is 4.44. The lowest BCUT2D eigenvalue weighted by Crippen LogP contribution is -2.30. The van der Waals surface area contributed by atoms with Crippen molar-refractivity contribution in [3.8, 4) is 0 Å². The summed E-state index contributed by atoms with van der Waals surface area (Å²) in [5, 5.41) is 4.87. The van der Waals surface area contributed by atoms with Crippen LogP contribution in [0.5, 0.6) is 0 Å². The zero-order chi connectivity index (χ0) is 25.0. The Morgan fingerprint density at radius 1 is 1.06 bits per heavy atom. The van der Waals surface area contributed by atoms with Gasteiger partial charge in [0, 0.05) is 17.3 Å². The largest absolute Gasteiger partial charge is 0.427 e. The monoisotopic (exact) mass is 518 g/mol. The third-order valence-electron chi connectivity index (χ3n) is 4.44. The number of anilines is 2. The lowest BCUT2D eigenvalue weighted by atomic mass is 10.2. The topological polar surface area (TPSA) is 125 Å². The summed E-state index contributed by atoms with van der Waals surface area (Å²) >= 11 is 0. The number of rotatable bonds is 5. The van der Waals surface area contributed by atoms with Crippen molar-refractivity contribution in [1.29, 1.82) is 0 Å². The summed E-state index contributed by atoms with van der Waals surface area (Å²) in [7, 11) is 0. The highest BCUT2D eigenvalue weighted by Crippen LogP contribution is 2.30. The molecule has 1 heterocycles. The first-order valence-electron chi connectivity index (χ1n) is 9.61. The number of halogens is 5. The number of benzene rings is 2. The number of hydrogen-bond donors (Lipinski definition) is 3. The molecule has 0 unspecified atom stereocenters. The number of nitrogens with zero attached hydrogens (tertiary/aromatic N) is 1. The predicted octanol–water partition coefficient (Wildman–Crippen LogP) is 4.70. The van der Waals surface area contributed by atoms with Crippen molar-refractivity contribution in [2.75, 3.05) is 17.4 Å². The molecule has 3 aromatic rings. The molecule has 0 aliphatic rings. The summed E-state index contributed by atoms with van der Waals surface area (Å²) in [6.45, 7) is 0.656. The number of nitrogens with two attached hydrogens (primary N) is 1. The first-order chi connectivity index (χ1) is 16.0. The fourth-order valence-electron chi connectivity index (χ4n) is 2.82. The molecule has 188 valence electrons. The van der Waals surface area contributed by atoms with E-state index >= 15 is 0 Å². The normalized spacial score (nSPS) is 11.8. The Kier molecular flexibility index (Phi) is 8.66. The van der Waals surface area contributed by atoms with E-state index in [1.807, 2.05) is 0 Å². The van der Waals surface area contributed by atoms with Crippen LogP contribution in [0.3, 0.4) is 0 Å². The Bertz CT molecular complexity index is 1230. The van der Waals surface area contributed by atoms with Crippen molar-refractivity contribution in [3.63, 3.8) is 0 Å². The molecule has 0 aliphatic carbocycles. The molecule has 1 atom stereocenters. The van der Waals surface area contributed by atoms with E-state index in [9.17, 15) is 31.9 Å². The summed E-state index contributed by atoms with van der Waals surface area (Å²) in [5.74, 6) is -1.45. The molecule has 0 radical (unpaired) electrons. The maximum atomic E-state index is 13.8. The number of ether oxygens (including phenoxy) is 2. The van der Waals surface area contributed by atoms with Crippen LogP contribution in [0.2, 0.25) is 0 Å². The number of fused-ring (bicyclic) bond motifs is 1. The highest BCUT2D eigenvalue weighted by atomic mass is 35.5. The van der Waals surface area contributed by atoms with Gasteiger partial charge < -0.3 is 25.8 Å². The molecule has 0 spiro atoms. The summed E-state index contributed by atoms with van der Waals surface area (Å²) in [6.07, 6.45) is -4.38. The van der Waals surface area contributed by atoms with Crippen molar-refractivity contribution in [3.05, 3.63) is 60.0 Å². The van der Waals surface area contributed by atoms with Crippen LogP contribution in [0.25, 0.3) is 10.9 Å². The van der Waals surface area contributed by atoms with Gasteiger partial charge in [0.25, 0.3) is 0 Å². The third kappa shape index (κ3) is 6.83. The van der Waals surface area contributed by atoms with Gasteiger partial charge in [-0.25, -0.2) is 14.0 Å². The minimum absolute atomic E-state index is 0. The highest BCUT2D eigenvalue weighted by molar-refractivity contribution is 6.07. The summed E-state index contributed by atoms with van der Waals surface area (Å²) < 4.78 is 62.3. The van der Waals surface area contributed by atoms with E-state index in [-0.39, 0.29) is 34.7 Å². The van der Waals surface area contributed by atoms with Gasteiger partial charge in [-0.05, 0) is 49.4 Å². The zero-order valence-electron chi connectivity index (χ0n) is 17.9. The van der Waals surface area contributed by atoms with Gasteiger partial charge in [0.1, 0.15) is 11.9 Å². The van der Waals surface area contributed by atoms with E-state index in [0.717, 1.165) is 47.2 Å². The van der Waals surface area contributed by atoms with Crippen LogP contribution in [0.1, 0.15) is 12.5 Å². The Morgan fingerprint density at radius 2 is 1.71 bits per heavy atom. The number of esters is 1. The molecule has 4 N–H and O–H groups in total. The average molecular weight is 519 g/mol. The van der Waals surface area contributed by atoms with E-state index in [1.54, 1.807) is 0 Å². The minimum Gasteiger partial charge on any atom is -0.427 e. The van der Waals surface area contributed by atoms with Crippen LogP contribution in [0, 0.1) is 5.82 Å². The quantitative estimate of drug-likeness (QED) is 0.255. The Hall–Kier alpha value is -3.84. The maximum absolute atomic E-state index is 13.8. The van der Waals surface area contributed by atoms with Gasteiger partial charge in [0.2, 0.25) is 6.79 Å². The van der Waals surface area contributed by atoms with E-state index < -0.39 is 48.5 Å². The lowest BCUT2D eigenvalue weighted by Gasteiger charge is -2.09. The molecular weight excluding hydrogens is 500 g/mol. The molecule has 3 rings (SSSR count). The molecular formula is C21H19ClF4N4O5. The Morgan fingerprint density at radius 3 is 2.31 bits per heavy atom.